The van der Waals surface area contributed by atoms with Gasteiger partial charge in [0.25, 0.3) is 0 Å². The summed E-state index contributed by atoms with van der Waals surface area (Å²) in [6.45, 7) is 15.6. The van der Waals surface area contributed by atoms with Gasteiger partial charge in [-0.05, 0) is 0 Å². The number of halogens is 2. The van der Waals surface area contributed by atoms with Gasteiger partial charge in [-0.25, -0.2) is 0 Å². The Morgan fingerprint density at radius 2 is 1.26 bits per heavy atom. The predicted molar refractivity (Wildman–Crippen MR) is 69.2 cm³/mol. The van der Waals surface area contributed by atoms with Crippen LogP contribution >= 0.6 is 0 Å². The molecule has 1 aromatic rings. The summed E-state index contributed by atoms with van der Waals surface area (Å²) in [4.78, 5) is 0. The van der Waals surface area contributed by atoms with E-state index in [2.05, 4.69) is 60.6 Å². The van der Waals surface area contributed by atoms with E-state index in [1.54, 1.807) is 20.8 Å². The molecule has 19 heavy (non-hydrogen) atoms. The minimum Gasteiger partial charge on any atom is -1.00 e. The maximum absolute atomic E-state index is 5.52. The van der Waals surface area contributed by atoms with Crippen LogP contribution in [0.1, 0.15) is 58.2 Å². The average Bonchev–Trinajstić information content (AvgIpc) is 2.13. The first-order valence-electron chi connectivity index (χ1n) is 6.06. The Morgan fingerprint density at radius 3 is 1.58 bits per heavy atom. The predicted octanol–water partition coefficient (Wildman–Crippen LogP) is -1.56. The molecule has 0 aromatic heterocycles. The van der Waals surface area contributed by atoms with Gasteiger partial charge in [-0.2, -0.15) is 0 Å². The zero-order valence-corrected chi connectivity index (χ0v) is 15.9. The van der Waals surface area contributed by atoms with Gasteiger partial charge in [0.05, 0.1) is 0 Å². The third-order valence-electron chi connectivity index (χ3n) is 3.05. The molecule has 0 N–H and O–H groups in total. The molecule has 0 saturated carbocycles. The Balaban J connectivity index is 0. The van der Waals surface area contributed by atoms with E-state index >= 15 is 0 Å². The van der Waals surface area contributed by atoms with Crippen LogP contribution in [-0.4, -0.2) is 0 Å². The Kier molecular flexibility index (Phi) is 8.37. The molecule has 0 atom stereocenters. The van der Waals surface area contributed by atoms with Crippen LogP contribution in [0.3, 0.4) is 0 Å². The molecule has 0 radical (unpaired) electrons. The molecule has 1 aromatic carbocycles. The molecule has 1 nitrogen and oxygen atoms in total. The van der Waals surface area contributed by atoms with Gasteiger partial charge in [-0.3, -0.25) is 0 Å². The van der Waals surface area contributed by atoms with Crippen LogP contribution in [0.4, 0.5) is 0 Å². The second-order valence-corrected chi connectivity index (χ2v) is 7.08. The van der Waals surface area contributed by atoms with E-state index in [0.29, 0.717) is 0 Å². The fraction of sp³-hybridized carbons (Fsp3) is 0.600. The quantitative estimate of drug-likeness (QED) is 0.563. The number of aryl methyl sites for hydroxylation is 1. The van der Waals surface area contributed by atoms with Gasteiger partial charge in [0.15, 0.2) is 0 Å². The number of hydrogen-bond donors (Lipinski definition) is 0. The van der Waals surface area contributed by atoms with E-state index in [1.165, 1.54) is 16.7 Å². The van der Waals surface area contributed by atoms with E-state index in [4.69, 9.17) is 3.32 Å². The third kappa shape index (κ3) is 5.30. The summed E-state index contributed by atoms with van der Waals surface area (Å²) in [7, 11) is 0. The summed E-state index contributed by atoms with van der Waals surface area (Å²) in [6, 6.07) is 4.48. The summed E-state index contributed by atoms with van der Waals surface area (Å²) >= 11 is 1.75. The smallest absolute Gasteiger partial charge is 1.00 e. The summed E-state index contributed by atoms with van der Waals surface area (Å²) in [6.07, 6.45) is 0. The van der Waals surface area contributed by atoms with Crippen LogP contribution in [0.5, 0.6) is 5.75 Å². The molecule has 0 unspecified atom stereocenters. The molecule has 0 aliphatic heterocycles. The molecule has 0 amide bonds. The Labute approximate surface area is 142 Å². The summed E-state index contributed by atoms with van der Waals surface area (Å²) in [5.41, 5.74) is 4.29. The van der Waals surface area contributed by atoms with Crippen molar-refractivity contribution in [3.05, 3.63) is 28.8 Å². The Hall–Kier alpha value is 0.314. The molecule has 0 heterocycles. The number of rotatable bonds is 1. The SMILES string of the molecule is Cc1cc([O][Ti+2])c(C(C)(C)C)cc1C(C)(C)C.[Cl-].[Cl-]. The first kappa shape index (κ1) is 21.6. The first-order valence-corrected chi connectivity index (χ1v) is 6.70. The van der Waals surface area contributed by atoms with Crippen molar-refractivity contribution in [3.8, 4) is 5.75 Å². The third-order valence-corrected chi connectivity index (χ3v) is 3.40. The Bertz CT molecular complexity index is 417. The zero-order chi connectivity index (χ0) is 13.4. The fourth-order valence-corrected chi connectivity index (χ4v) is 2.42. The van der Waals surface area contributed by atoms with Gasteiger partial charge in [0.2, 0.25) is 0 Å². The molecular weight excluding hydrogens is 315 g/mol. The van der Waals surface area contributed by atoms with E-state index in [0.717, 1.165) is 5.75 Å². The minimum atomic E-state index is 0. The summed E-state index contributed by atoms with van der Waals surface area (Å²) < 4.78 is 5.52. The van der Waals surface area contributed by atoms with Crippen LogP contribution in [0.25, 0.3) is 0 Å². The van der Waals surface area contributed by atoms with Crippen molar-refractivity contribution in [2.45, 2.75) is 59.3 Å². The minimum absolute atomic E-state index is 0. The van der Waals surface area contributed by atoms with E-state index < -0.39 is 0 Å². The summed E-state index contributed by atoms with van der Waals surface area (Å²) in [5.74, 6) is 1.00. The second-order valence-electron chi connectivity index (χ2n) is 6.77. The fourth-order valence-electron chi connectivity index (χ4n) is 2.16. The van der Waals surface area contributed by atoms with Crippen LogP contribution in [-0.2, 0) is 31.7 Å². The molecular formula is C15H23Cl2OTi. The molecule has 0 aliphatic carbocycles. The van der Waals surface area contributed by atoms with E-state index in [1.807, 2.05) is 0 Å². The van der Waals surface area contributed by atoms with Crippen molar-refractivity contribution in [2.75, 3.05) is 0 Å². The molecule has 4 heteroatoms. The van der Waals surface area contributed by atoms with Crippen LogP contribution in [0.2, 0.25) is 0 Å². The van der Waals surface area contributed by atoms with Gasteiger partial charge in [-0.1, -0.05) is 0 Å². The van der Waals surface area contributed by atoms with Crippen molar-refractivity contribution in [1.82, 2.24) is 0 Å². The van der Waals surface area contributed by atoms with Crippen molar-refractivity contribution in [2.24, 2.45) is 0 Å². The zero-order valence-electron chi connectivity index (χ0n) is 12.8. The van der Waals surface area contributed by atoms with Crippen molar-refractivity contribution < 1.29 is 49.0 Å². The monoisotopic (exact) mass is 337 g/mol. The van der Waals surface area contributed by atoms with Gasteiger partial charge >= 0.3 is 118 Å². The molecule has 0 saturated heterocycles. The molecule has 0 aliphatic rings. The van der Waals surface area contributed by atoms with Gasteiger partial charge in [0.1, 0.15) is 0 Å². The van der Waals surface area contributed by atoms with Gasteiger partial charge in [-0.15, -0.1) is 0 Å². The van der Waals surface area contributed by atoms with Crippen molar-refractivity contribution in [1.29, 1.82) is 0 Å². The normalized spacial score (nSPS) is 11.4. The molecule has 0 spiro atoms. The second kappa shape index (κ2) is 7.36. The van der Waals surface area contributed by atoms with Crippen LogP contribution in [0, 0.1) is 6.92 Å². The van der Waals surface area contributed by atoms with Gasteiger partial charge < -0.3 is 24.8 Å². The number of hydrogen-bond acceptors (Lipinski definition) is 1. The maximum atomic E-state index is 5.52. The first-order chi connectivity index (χ1) is 7.57. The maximum Gasteiger partial charge on any atom is -1.00 e. The standard InChI is InChI=1S/C15H24O.2ClH.Ti/c1-10-8-13(16)12(15(5,6)7)9-11(10)14(2,3)4;;;/h8-9,16H,1-7H3;2*1H;/q;;;+3/p-3. The molecule has 1 rings (SSSR count). The van der Waals surface area contributed by atoms with Crippen LogP contribution in [0.15, 0.2) is 12.1 Å². The molecule has 107 valence electrons. The van der Waals surface area contributed by atoms with E-state index in [-0.39, 0.29) is 35.6 Å². The van der Waals surface area contributed by atoms with Gasteiger partial charge in [0, 0.05) is 0 Å². The topological polar surface area (TPSA) is 9.23 Å². The van der Waals surface area contributed by atoms with E-state index in [9.17, 15) is 0 Å². The molecule has 0 fully saturated rings. The van der Waals surface area contributed by atoms with Crippen molar-refractivity contribution in [3.63, 3.8) is 0 Å². The number of benzene rings is 1. The largest absolute Gasteiger partial charge is 1.00 e. The molecule has 0 bridgehead atoms. The van der Waals surface area contributed by atoms with Crippen LogP contribution < -0.4 is 28.1 Å². The van der Waals surface area contributed by atoms with Crippen molar-refractivity contribution >= 4 is 0 Å². The summed E-state index contributed by atoms with van der Waals surface area (Å²) in [5, 5.41) is 0. The average molecular weight is 338 g/mol. The Morgan fingerprint density at radius 1 is 0.842 bits per heavy atom.